The molecule has 1 heterocycles. The second-order valence-corrected chi connectivity index (χ2v) is 5.71. The lowest BCUT2D eigenvalue weighted by Gasteiger charge is -2.24. The first-order valence-electron chi connectivity index (χ1n) is 6.32. The Morgan fingerprint density at radius 2 is 2.06 bits per heavy atom. The standard InChI is InChI=1S/C15H22O2/c1-15(2,3)12-10-11(7-8-14(12)16-4)13-6-5-9-17-13/h7-8,10,13H,5-6,9H2,1-4H3. The van der Waals surface area contributed by atoms with E-state index in [-0.39, 0.29) is 11.5 Å². The third kappa shape index (κ3) is 2.63. The van der Waals surface area contributed by atoms with Crippen molar-refractivity contribution in [3.05, 3.63) is 29.3 Å². The molecule has 94 valence electrons. The number of benzene rings is 1. The van der Waals surface area contributed by atoms with E-state index in [1.54, 1.807) is 7.11 Å². The summed E-state index contributed by atoms with van der Waals surface area (Å²) in [5, 5.41) is 0. The average molecular weight is 234 g/mol. The van der Waals surface area contributed by atoms with Crippen LogP contribution in [0.5, 0.6) is 5.75 Å². The van der Waals surface area contributed by atoms with Crippen LogP contribution >= 0.6 is 0 Å². The third-order valence-corrected chi connectivity index (χ3v) is 3.33. The summed E-state index contributed by atoms with van der Waals surface area (Å²) >= 11 is 0. The number of rotatable bonds is 2. The Kier molecular flexibility index (Phi) is 3.43. The Hall–Kier alpha value is -1.02. The molecule has 1 aliphatic heterocycles. The average Bonchev–Trinajstić information content (AvgIpc) is 2.80. The van der Waals surface area contributed by atoms with E-state index >= 15 is 0 Å². The summed E-state index contributed by atoms with van der Waals surface area (Å²) in [6.07, 6.45) is 2.58. The lowest BCUT2D eigenvalue weighted by Crippen LogP contribution is -2.14. The van der Waals surface area contributed by atoms with Crippen molar-refractivity contribution in [1.82, 2.24) is 0 Å². The van der Waals surface area contributed by atoms with Crippen LogP contribution in [0.3, 0.4) is 0 Å². The molecular formula is C15H22O2. The molecule has 0 saturated carbocycles. The first kappa shape index (κ1) is 12.4. The van der Waals surface area contributed by atoms with E-state index in [1.807, 2.05) is 0 Å². The molecule has 1 aromatic rings. The summed E-state index contributed by atoms with van der Waals surface area (Å²) < 4.78 is 11.2. The zero-order valence-electron chi connectivity index (χ0n) is 11.2. The van der Waals surface area contributed by atoms with Gasteiger partial charge in [0.15, 0.2) is 0 Å². The predicted octanol–water partition coefficient (Wildman–Crippen LogP) is 3.84. The van der Waals surface area contributed by atoms with Crippen LogP contribution in [0.25, 0.3) is 0 Å². The lowest BCUT2D eigenvalue weighted by atomic mass is 9.84. The molecule has 1 atom stereocenters. The van der Waals surface area contributed by atoms with E-state index in [0.29, 0.717) is 0 Å². The van der Waals surface area contributed by atoms with E-state index in [4.69, 9.17) is 9.47 Å². The number of hydrogen-bond acceptors (Lipinski definition) is 2. The molecule has 1 fully saturated rings. The number of ether oxygens (including phenoxy) is 2. The van der Waals surface area contributed by atoms with Crippen molar-refractivity contribution in [2.24, 2.45) is 0 Å². The molecular weight excluding hydrogens is 212 g/mol. The van der Waals surface area contributed by atoms with Crippen molar-refractivity contribution < 1.29 is 9.47 Å². The second-order valence-electron chi connectivity index (χ2n) is 5.71. The Labute approximate surface area is 104 Å². The zero-order chi connectivity index (χ0) is 12.5. The summed E-state index contributed by atoms with van der Waals surface area (Å²) in [5.41, 5.74) is 2.64. The molecule has 0 N–H and O–H groups in total. The molecule has 1 aromatic carbocycles. The molecule has 2 nitrogen and oxygen atoms in total. The van der Waals surface area contributed by atoms with Gasteiger partial charge in [-0.3, -0.25) is 0 Å². The molecule has 0 amide bonds. The summed E-state index contributed by atoms with van der Waals surface area (Å²) in [5.74, 6) is 0.972. The van der Waals surface area contributed by atoms with Gasteiger partial charge >= 0.3 is 0 Å². The lowest BCUT2D eigenvalue weighted by molar-refractivity contribution is 0.112. The fourth-order valence-corrected chi connectivity index (χ4v) is 2.35. The smallest absolute Gasteiger partial charge is 0.122 e. The van der Waals surface area contributed by atoms with Gasteiger partial charge in [-0.25, -0.2) is 0 Å². The topological polar surface area (TPSA) is 18.5 Å². The van der Waals surface area contributed by atoms with Crippen molar-refractivity contribution in [3.63, 3.8) is 0 Å². The summed E-state index contributed by atoms with van der Waals surface area (Å²) in [6.45, 7) is 7.53. The van der Waals surface area contributed by atoms with Crippen molar-refractivity contribution in [2.75, 3.05) is 13.7 Å². The Bertz CT molecular complexity index is 384. The Morgan fingerprint density at radius 1 is 1.29 bits per heavy atom. The summed E-state index contributed by atoms with van der Waals surface area (Å²) in [6, 6.07) is 6.44. The molecule has 17 heavy (non-hydrogen) atoms. The minimum absolute atomic E-state index is 0.0972. The first-order chi connectivity index (χ1) is 8.02. The normalized spacial score (nSPS) is 20.6. The molecule has 1 saturated heterocycles. The maximum atomic E-state index is 5.74. The molecule has 0 radical (unpaired) electrons. The maximum Gasteiger partial charge on any atom is 0.122 e. The van der Waals surface area contributed by atoms with E-state index < -0.39 is 0 Å². The zero-order valence-corrected chi connectivity index (χ0v) is 11.2. The van der Waals surface area contributed by atoms with Gasteiger partial charge in [0.25, 0.3) is 0 Å². The Morgan fingerprint density at radius 3 is 2.59 bits per heavy atom. The highest BCUT2D eigenvalue weighted by atomic mass is 16.5. The van der Waals surface area contributed by atoms with E-state index in [1.165, 1.54) is 17.5 Å². The molecule has 0 spiro atoms. The highest BCUT2D eigenvalue weighted by Gasteiger charge is 2.23. The quantitative estimate of drug-likeness (QED) is 0.774. The van der Waals surface area contributed by atoms with Crippen LogP contribution in [0.4, 0.5) is 0 Å². The van der Waals surface area contributed by atoms with Crippen LogP contribution in [-0.4, -0.2) is 13.7 Å². The van der Waals surface area contributed by atoms with Gasteiger partial charge in [-0.2, -0.15) is 0 Å². The molecule has 0 aliphatic carbocycles. The van der Waals surface area contributed by atoms with Gasteiger partial charge in [-0.1, -0.05) is 26.8 Å². The maximum absolute atomic E-state index is 5.74. The van der Waals surface area contributed by atoms with Crippen LogP contribution in [0, 0.1) is 0 Å². The largest absolute Gasteiger partial charge is 0.496 e. The predicted molar refractivity (Wildman–Crippen MR) is 69.6 cm³/mol. The van der Waals surface area contributed by atoms with Gasteiger partial charge in [-0.05, 0) is 41.5 Å². The minimum Gasteiger partial charge on any atom is -0.496 e. The van der Waals surface area contributed by atoms with Crippen molar-refractivity contribution in [3.8, 4) is 5.75 Å². The number of hydrogen-bond donors (Lipinski definition) is 0. The SMILES string of the molecule is COc1ccc(C2CCCO2)cc1C(C)(C)C. The molecule has 0 bridgehead atoms. The van der Waals surface area contributed by atoms with Gasteiger partial charge in [0, 0.05) is 6.61 Å². The molecule has 1 unspecified atom stereocenters. The molecule has 2 rings (SSSR count). The fourth-order valence-electron chi connectivity index (χ4n) is 2.35. The van der Waals surface area contributed by atoms with Gasteiger partial charge in [0.1, 0.15) is 5.75 Å². The summed E-state index contributed by atoms with van der Waals surface area (Å²) in [4.78, 5) is 0. The third-order valence-electron chi connectivity index (χ3n) is 3.33. The number of methoxy groups -OCH3 is 1. The first-order valence-corrected chi connectivity index (χ1v) is 6.32. The van der Waals surface area contributed by atoms with Gasteiger partial charge in [0.2, 0.25) is 0 Å². The van der Waals surface area contributed by atoms with Crippen LogP contribution < -0.4 is 4.74 Å². The van der Waals surface area contributed by atoms with Crippen molar-refractivity contribution in [2.45, 2.75) is 45.1 Å². The highest BCUT2D eigenvalue weighted by molar-refractivity contribution is 5.42. The van der Waals surface area contributed by atoms with Gasteiger partial charge in [-0.15, -0.1) is 0 Å². The fraction of sp³-hybridized carbons (Fsp3) is 0.600. The molecule has 1 aliphatic rings. The van der Waals surface area contributed by atoms with Crippen LogP contribution in [0.2, 0.25) is 0 Å². The second kappa shape index (κ2) is 4.69. The Balaban J connectivity index is 2.37. The van der Waals surface area contributed by atoms with E-state index in [0.717, 1.165) is 18.8 Å². The van der Waals surface area contributed by atoms with Gasteiger partial charge in [0.05, 0.1) is 13.2 Å². The highest BCUT2D eigenvalue weighted by Crippen LogP contribution is 2.36. The van der Waals surface area contributed by atoms with Crippen molar-refractivity contribution in [1.29, 1.82) is 0 Å². The summed E-state index contributed by atoms with van der Waals surface area (Å²) in [7, 11) is 1.73. The van der Waals surface area contributed by atoms with Crippen LogP contribution in [0.15, 0.2) is 18.2 Å². The monoisotopic (exact) mass is 234 g/mol. The van der Waals surface area contributed by atoms with Crippen LogP contribution in [-0.2, 0) is 10.2 Å². The van der Waals surface area contributed by atoms with E-state index in [9.17, 15) is 0 Å². The van der Waals surface area contributed by atoms with Crippen LogP contribution in [0.1, 0.15) is 50.8 Å². The molecule has 0 aromatic heterocycles. The van der Waals surface area contributed by atoms with Crippen molar-refractivity contribution >= 4 is 0 Å². The van der Waals surface area contributed by atoms with Gasteiger partial charge < -0.3 is 9.47 Å². The minimum atomic E-state index is 0.0972. The van der Waals surface area contributed by atoms with E-state index in [2.05, 4.69) is 39.0 Å². The molecule has 2 heteroatoms.